The van der Waals surface area contributed by atoms with E-state index in [1.165, 1.54) is 66.8 Å². The predicted octanol–water partition coefficient (Wildman–Crippen LogP) is 8.00. The predicted molar refractivity (Wildman–Crippen MR) is 163 cm³/mol. The molecule has 3 aromatic heterocycles. The summed E-state index contributed by atoms with van der Waals surface area (Å²) in [4.78, 5) is 12.8. The maximum atomic E-state index is 5.01. The van der Waals surface area contributed by atoms with E-state index in [2.05, 4.69) is 88.7 Å². The van der Waals surface area contributed by atoms with Gasteiger partial charge >= 0.3 is 0 Å². The zero-order chi connectivity index (χ0) is 26.5. The van der Waals surface area contributed by atoms with Gasteiger partial charge in [-0.1, -0.05) is 0 Å². The van der Waals surface area contributed by atoms with Gasteiger partial charge in [0.05, 0.1) is 0 Å². The molecule has 198 valence electrons. The van der Waals surface area contributed by atoms with E-state index in [0.717, 1.165) is 11.3 Å². The van der Waals surface area contributed by atoms with E-state index in [4.69, 9.17) is 9.78 Å². The summed E-state index contributed by atoms with van der Waals surface area (Å²) >= 11 is 3.89. The first-order valence-electron chi connectivity index (χ1n) is 13.3. The number of aryl methyl sites for hydroxylation is 5. The Bertz CT molecular complexity index is 1630. The quantitative estimate of drug-likeness (QED) is 0.178. The first kappa shape index (κ1) is 24.8. The van der Waals surface area contributed by atoms with Gasteiger partial charge in [-0.25, -0.2) is 0 Å². The molecule has 0 bridgehead atoms. The fraction of sp³-hybridized carbons (Fsp3) is 0.250. The largest absolute Gasteiger partial charge is 0.351 e. The molecule has 0 fully saturated rings. The van der Waals surface area contributed by atoms with Crippen molar-refractivity contribution in [1.82, 2.24) is 13.7 Å². The summed E-state index contributed by atoms with van der Waals surface area (Å²) in [6, 6.07) is 19.9. The van der Waals surface area contributed by atoms with Crippen LogP contribution in [0.3, 0.4) is 0 Å². The van der Waals surface area contributed by atoms with Gasteiger partial charge in [0.1, 0.15) is 6.61 Å². The molecular weight excluding hydrogens is 523 g/mol. The minimum Gasteiger partial charge on any atom is -0.351 e. The second-order valence-electron chi connectivity index (χ2n) is 10.4. The third-order valence-corrected chi connectivity index (χ3v) is 10.3. The highest BCUT2D eigenvalue weighted by molar-refractivity contribution is 8.18. The van der Waals surface area contributed by atoms with Gasteiger partial charge in [0.25, 0.3) is 0 Å². The Kier molecular flexibility index (Phi) is 6.38. The maximum absolute atomic E-state index is 5.01. The molecule has 3 aromatic carbocycles. The Labute approximate surface area is 236 Å². The van der Waals surface area contributed by atoms with Gasteiger partial charge in [-0.2, -0.15) is 4.89 Å². The highest BCUT2D eigenvalue weighted by atomic mass is 32.2. The molecule has 0 saturated carbocycles. The van der Waals surface area contributed by atoms with Crippen molar-refractivity contribution in [1.29, 1.82) is 0 Å². The molecule has 5 heterocycles. The lowest BCUT2D eigenvalue weighted by Gasteiger charge is -2.01. The van der Waals surface area contributed by atoms with Crippen molar-refractivity contribution >= 4 is 56.2 Å². The van der Waals surface area contributed by atoms with Gasteiger partial charge < -0.3 is 18.6 Å². The van der Waals surface area contributed by atoms with E-state index in [0.29, 0.717) is 6.61 Å². The first-order valence-corrected chi connectivity index (χ1v) is 15.3. The molecule has 6 aromatic rings. The summed E-state index contributed by atoms with van der Waals surface area (Å²) in [5, 5.41) is 5.11. The summed E-state index contributed by atoms with van der Waals surface area (Å²) in [6.07, 6.45) is 10.2. The SMILES string of the molecule is Cn1ccc2cc3c(cc21)CCC3.Cn1ccc2cc3c(cc21)COO3.Cn1ccc2cc3c(cc21)SCS3. The molecule has 2 aliphatic heterocycles. The van der Waals surface area contributed by atoms with Crippen LogP contribution in [0.2, 0.25) is 0 Å². The second kappa shape index (κ2) is 10.0. The maximum Gasteiger partial charge on any atom is 0.171 e. The van der Waals surface area contributed by atoms with Gasteiger partial charge in [-0.3, -0.25) is 0 Å². The molecule has 0 atom stereocenters. The Morgan fingerprint density at radius 1 is 0.615 bits per heavy atom. The van der Waals surface area contributed by atoms with Crippen LogP contribution in [0, 0.1) is 0 Å². The van der Waals surface area contributed by atoms with Gasteiger partial charge in [0.15, 0.2) is 5.75 Å². The van der Waals surface area contributed by atoms with Crippen molar-refractivity contribution in [3.05, 3.63) is 89.9 Å². The van der Waals surface area contributed by atoms with Crippen LogP contribution in [0.25, 0.3) is 32.7 Å². The minimum absolute atomic E-state index is 0.552. The summed E-state index contributed by atoms with van der Waals surface area (Å²) in [6.45, 7) is 0.552. The van der Waals surface area contributed by atoms with Gasteiger partial charge in [-0.05, 0) is 90.4 Å². The van der Waals surface area contributed by atoms with E-state index in [9.17, 15) is 0 Å². The van der Waals surface area contributed by atoms with E-state index >= 15 is 0 Å². The second-order valence-corrected chi connectivity index (χ2v) is 12.8. The Morgan fingerprint density at radius 2 is 1.15 bits per heavy atom. The van der Waals surface area contributed by atoms with Gasteiger partial charge in [0.2, 0.25) is 0 Å². The number of nitrogens with zero attached hydrogens (tertiary/aromatic N) is 3. The molecular formula is C32H31N3O2S2. The zero-order valence-electron chi connectivity index (χ0n) is 22.4. The summed E-state index contributed by atoms with van der Waals surface area (Å²) in [5.41, 5.74) is 8.18. The fourth-order valence-electron chi connectivity index (χ4n) is 5.69. The number of hydrogen-bond acceptors (Lipinski definition) is 4. The van der Waals surface area contributed by atoms with Crippen molar-refractivity contribution in [3.63, 3.8) is 0 Å². The lowest BCUT2D eigenvalue weighted by Crippen LogP contribution is -1.87. The van der Waals surface area contributed by atoms with Crippen molar-refractivity contribution in [3.8, 4) is 5.75 Å². The van der Waals surface area contributed by atoms with Crippen LogP contribution in [0.15, 0.2) is 83.0 Å². The molecule has 0 unspecified atom stereocenters. The van der Waals surface area contributed by atoms with E-state index in [1.807, 2.05) is 42.8 Å². The number of benzene rings is 3. The molecule has 5 nitrogen and oxygen atoms in total. The number of hydrogen-bond donors (Lipinski definition) is 0. The number of rotatable bonds is 0. The van der Waals surface area contributed by atoms with Crippen molar-refractivity contribution in [2.75, 3.05) is 5.08 Å². The smallest absolute Gasteiger partial charge is 0.171 e. The lowest BCUT2D eigenvalue weighted by molar-refractivity contribution is -0.194. The highest BCUT2D eigenvalue weighted by Crippen LogP contribution is 2.43. The Morgan fingerprint density at radius 3 is 1.85 bits per heavy atom. The first-order chi connectivity index (χ1) is 19.0. The monoisotopic (exact) mass is 553 g/mol. The Balaban J connectivity index is 0.0000000974. The molecule has 0 N–H and O–H groups in total. The van der Waals surface area contributed by atoms with Crippen molar-refractivity contribution in [2.24, 2.45) is 21.1 Å². The summed E-state index contributed by atoms with van der Waals surface area (Å²) in [7, 11) is 6.25. The van der Waals surface area contributed by atoms with Crippen LogP contribution in [-0.2, 0) is 45.5 Å². The molecule has 3 aliphatic rings. The van der Waals surface area contributed by atoms with Crippen molar-refractivity contribution in [2.45, 2.75) is 35.7 Å². The van der Waals surface area contributed by atoms with Crippen LogP contribution in [0.4, 0.5) is 0 Å². The van der Waals surface area contributed by atoms with Crippen LogP contribution in [0.1, 0.15) is 23.1 Å². The molecule has 0 spiro atoms. The number of thioether (sulfide) groups is 2. The van der Waals surface area contributed by atoms with Gasteiger partial charge in [0, 0.05) is 87.5 Å². The molecule has 0 saturated heterocycles. The molecule has 0 radical (unpaired) electrons. The standard InChI is InChI=1S/C12H13N.C10H9NO2.C10H9NS2/c1-13-6-5-11-7-9-3-2-4-10(9)8-12(11)13;1-11-3-2-7-5-10-8(4-9(7)11)6-12-13-10;1-11-3-2-7-4-9-10(5-8(7)11)13-6-12-9/h5-8H,2-4H2,1H3;2*2-5H,6H2,1H3. The van der Waals surface area contributed by atoms with E-state index < -0.39 is 0 Å². The zero-order valence-corrected chi connectivity index (χ0v) is 24.1. The third-order valence-electron chi connectivity index (χ3n) is 7.91. The average Bonchev–Trinajstić information content (AvgIpc) is 3.79. The molecule has 1 aliphatic carbocycles. The van der Waals surface area contributed by atoms with Crippen LogP contribution < -0.4 is 4.89 Å². The van der Waals surface area contributed by atoms with Crippen LogP contribution in [0.5, 0.6) is 5.75 Å². The number of aromatic nitrogens is 3. The molecule has 39 heavy (non-hydrogen) atoms. The minimum atomic E-state index is 0.552. The topological polar surface area (TPSA) is 33.2 Å². The molecule has 7 heteroatoms. The van der Waals surface area contributed by atoms with Crippen molar-refractivity contribution < 1.29 is 9.78 Å². The van der Waals surface area contributed by atoms with Crippen LogP contribution >= 0.6 is 23.5 Å². The van der Waals surface area contributed by atoms with Crippen LogP contribution in [-0.4, -0.2) is 18.8 Å². The number of fused-ring (bicyclic) bond motifs is 6. The highest BCUT2D eigenvalue weighted by Gasteiger charge is 2.16. The molecule has 9 rings (SSSR count). The summed E-state index contributed by atoms with van der Waals surface area (Å²) in [5.74, 6) is 0.846. The van der Waals surface area contributed by atoms with E-state index in [-0.39, 0.29) is 0 Å². The van der Waals surface area contributed by atoms with Gasteiger partial charge in [-0.15, -0.1) is 23.5 Å². The summed E-state index contributed by atoms with van der Waals surface area (Å²) < 4.78 is 6.47. The Hall–Kier alpha value is -3.26. The average molecular weight is 554 g/mol. The fourth-order valence-corrected chi connectivity index (χ4v) is 8.10. The third kappa shape index (κ3) is 4.62. The normalized spacial score (nSPS) is 14.9. The van der Waals surface area contributed by atoms with E-state index in [1.54, 1.807) is 11.1 Å². The molecule has 0 amide bonds. The lowest BCUT2D eigenvalue weighted by atomic mass is 10.1.